The van der Waals surface area contributed by atoms with Gasteiger partial charge in [0.25, 0.3) is 5.91 Å². The molecule has 0 aliphatic rings. The van der Waals surface area contributed by atoms with Crippen molar-refractivity contribution in [1.29, 1.82) is 0 Å². The molecule has 1 heterocycles. The first-order valence-electron chi connectivity index (χ1n) is 5.63. The van der Waals surface area contributed by atoms with Gasteiger partial charge in [0.15, 0.2) is 0 Å². The van der Waals surface area contributed by atoms with Crippen LogP contribution in [0.15, 0.2) is 28.1 Å². The van der Waals surface area contributed by atoms with Crippen LogP contribution in [-0.4, -0.2) is 5.91 Å². The highest BCUT2D eigenvalue weighted by Gasteiger charge is 2.35. The van der Waals surface area contributed by atoms with Gasteiger partial charge in [0.05, 0.1) is 24.9 Å². The highest BCUT2D eigenvalue weighted by molar-refractivity contribution is 9.11. The summed E-state index contributed by atoms with van der Waals surface area (Å²) in [7, 11) is 0. The van der Waals surface area contributed by atoms with Crippen molar-refractivity contribution in [2.75, 3.05) is 5.32 Å². The second-order valence-electron chi connectivity index (χ2n) is 4.18. The number of anilines is 1. The fraction of sp³-hybridized carbons (Fsp3) is 0.154. The zero-order valence-electron chi connectivity index (χ0n) is 10.5. The number of para-hydroxylation sites is 1. The SMILES string of the molecule is Cc1cc(C(=O)Nc2c(Cl)cccc2C(F)(F)F)sc1Br. The fourth-order valence-electron chi connectivity index (χ4n) is 1.63. The Kier molecular flexibility index (Phi) is 4.65. The number of hydrogen-bond donors (Lipinski definition) is 1. The fourth-order valence-corrected chi connectivity index (χ4v) is 3.29. The molecule has 8 heteroatoms. The molecule has 0 atom stereocenters. The number of amides is 1. The average Bonchev–Trinajstić information content (AvgIpc) is 2.71. The van der Waals surface area contributed by atoms with E-state index >= 15 is 0 Å². The quantitative estimate of drug-likeness (QED) is 0.686. The average molecular weight is 399 g/mol. The monoisotopic (exact) mass is 397 g/mol. The number of rotatable bonds is 2. The Morgan fingerprint density at radius 2 is 2.05 bits per heavy atom. The summed E-state index contributed by atoms with van der Waals surface area (Å²) in [4.78, 5) is 12.4. The second-order valence-corrected chi connectivity index (χ2v) is 6.96. The number of carbonyl (C=O) groups is 1. The predicted molar refractivity (Wildman–Crippen MR) is 81.2 cm³/mol. The summed E-state index contributed by atoms with van der Waals surface area (Å²) in [6, 6.07) is 4.94. The zero-order chi connectivity index (χ0) is 15.8. The lowest BCUT2D eigenvalue weighted by Crippen LogP contribution is -2.16. The molecule has 0 aliphatic carbocycles. The van der Waals surface area contributed by atoms with Gasteiger partial charge in [-0.1, -0.05) is 17.7 Å². The van der Waals surface area contributed by atoms with E-state index in [1.165, 1.54) is 12.1 Å². The van der Waals surface area contributed by atoms with E-state index in [1.807, 2.05) is 0 Å². The Hall–Kier alpha value is -1.05. The van der Waals surface area contributed by atoms with E-state index < -0.39 is 23.3 Å². The standard InChI is InChI=1S/C13H8BrClF3NOS/c1-6-5-9(21-11(6)14)12(20)19-10-7(13(16,17)18)3-2-4-8(10)15/h2-5H,1H3,(H,19,20). The molecule has 2 aromatic rings. The Morgan fingerprint density at radius 3 is 2.57 bits per heavy atom. The van der Waals surface area contributed by atoms with Crippen LogP contribution in [0, 0.1) is 6.92 Å². The summed E-state index contributed by atoms with van der Waals surface area (Å²) in [6.07, 6.45) is -4.60. The summed E-state index contributed by atoms with van der Waals surface area (Å²) >= 11 is 10.2. The van der Waals surface area contributed by atoms with E-state index in [0.717, 1.165) is 26.8 Å². The minimum Gasteiger partial charge on any atom is -0.319 e. The van der Waals surface area contributed by atoms with Crippen molar-refractivity contribution in [2.24, 2.45) is 0 Å². The van der Waals surface area contributed by atoms with Gasteiger partial charge in [0, 0.05) is 0 Å². The first-order chi connectivity index (χ1) is 9.70. The van der Waals surface area contributed by atoms with Crippen molar-refractivity contribution in [1.82, 2.24) is 0 Å². The normalized spacial score (nSPS) is 11.5. The third-order valence-electron chi connectivity index (χ3n) is 2.64. The lowest BCUT2D eigenvalue weighted by molar-refractivity contribution is -0.136. The molecule has 0 saturated heterocycles. The molecule has 1 N–H and O–H groups in total. The highest BCUT2D eigenvalue weighted by atomic mass is 79.9. The van der Waals surface area contributed by atoms with Gasteiger partial charge < -0.3 is 5.32 Å². The van der Waals surface area contributed by atoms with Crippen molar-refractivity contribution >= 4 is 50.5 Å². The Labute approximate surface area is 136 Å². The first-order valence-corrected chi connectivity index (χ1v) is 7.62. The van der Waals surface area contributed by atoms with Crippen LogP contribution in [0.3, 0.4) is 0 Å². The maximum atomic E-state index is 12.9. The molecule has 0 aliphatic heterocycles. The van der Waals surface area contributed by atoms with Crippen LogP contribution in [0.1, 0.15) is 20.8 Å². The molecule has 112 valence electrons. The number of thiophene rings is 1. The van der Waals surface area contributed by atoms with Gasteiger partial charge >= 0.3 is 6.18 Å². The third-order valence-corrected chi connectivity index (χ3v) is 5.09. The molecule has 0 unspecified atom stereocenters. The molecule has 0 spiro atoms. The van der Waals surface area contributed by atoms with Crippen molar-refractivity contribution in [3.63, 3.8) is 0 Å². The molecule has 1 aromatic carbocycles. The molecule has 0 fully saturated rings. The predicted octanol–water partition coefficient (Wildman–Crippen LogP) is 5.74. The largest absolute Gasteiger partial charge is 0.418 e. The number of benzene rings is 1. The Morgan fingerprint density at radius 1 is 1.38 bits per heavy atom. The van der Waals surface area contributed by atoms with Gasteiger partial charge in [0.2, 0.25) is 0 Å². The van der Waals surface area contributed by atoms with Gasteiger partial charge in [0.1, 0.15) is 0 Å². The van der Waals surface area contributed by atoms with Crippen LogP contribution in [0.25, 0.3) is 0 Å². The number of carbonyl (C=O) groups excluding carboxylic acids is 1. The van der Waals surface area contributed by atoms with Crippen LogP contribution in [0.5, 0.6) is 0 Å². The lowest BCUT2D eigenvalue weighted by Gasteiger charge is -2.14. The lowest BCUT2D eigenvalue weighted by atomic mass is 10.1. The maximum Gasteiger partial charge on any atom is 0.418 e. The van der Waals surface area contributed by atoms with Crippen LogP contribution in [0.2, 0.25) is 5.02 Å². The van der Waals surface area contributed by atoms with E-state index in [9.17, 15) is 18.0 Å². The van der Waals surface area contributed by atoms with Gasteiger partial charge in [-0.25, -0.2) is 0 Å². The molecule has 2 nitrogen and oxygen atoms in total. The summed E-state index contributed by atoms with van der Waals surface area (Å²) in [5.74, 6) is -0.632. The van der Waals surface area contributed by atoms with Crippen molar-refractivity contribution in [3.8, 4) is 0 Å². The molecule has 0 saturated carbocycles. The number of aryl methyl sites for hydroxylation is 1. The minimum absolute atomic E-state index is 0.162. The zero-order valence-corrected chi connectivity index (χ0v) is 13.7. The van der Waals surface area contributed by atoms with Crippen molar-refractivity contribution < 1.29 is 18.0 Å². The van der Waals surface area contributed by atoms with E-state index in [-0.39, 0.29) is 5.02 Å². The Balaban J connectivity index is 2.37. The molecule has 0 bridgehead atoms. The third kappa shape index (κ3) is 3.59. The van der Waals surface area contributed by atoms with E-state index in [2.05, 4.69) is 21.2 Å². The second kappa shape index (κ2) is 5.98. The summed E-state index contributed by atoms with van der Waals surface area (Å²) in [6.45, 7) is 1.79. The number of hydrogen-bond acceptors (Lipinski definition) is 2. The summed E-state index contributed by atoms with van der Waals surface area (Å²) in [5.41, 5.74) is -0.574. The topological polar surface area (TPSA) is 29.1 Å². The van der Waals surface area contributed by atoms with E-state index in [0.29, 0.717) is 4.88 Å². The summed E-state index contributed by atoms with van der Waals surface area (Å²) < 4.78 is 39.6. The highest BCUT2D eigenvalue weighted by Crippen LogP contribution is 2.39. The van der Waals surface area contributed by atoms with Gasteiger partial charge in [-0.3, -0.25) is 4.79 Å². The van der Waals surface area contributed by atoms with E-state index in [1.54, 1.807) is 13.0 Å². The van der Waals surface area contributed by atoms with Crippen LogP contribution in [-0.2, 0) is 6.18 Å². The van der Waals surface area contributed by atoms with Gasteiger partial charge in [-0.05, 0) is 46.6 Å². The molecule has 21 heavy (non-hydrogen) atoms. The van der Waals surface area contributed by atoms with Crippen LogP contribution >= 0.6 is 38.9 Å². The molecule has 0 radical (unpaired) electrons. The number of alkyl halides is 3. The molecular weight excluding hydrogens is 391 g/mol. The maximum absolute atomic E-state index is 12.9. The van der Waals surface area contributed by atoms with E-state index in [4.69, 9.17) is 11.6 Å². The number of nitrogens with one attached hydrogen (secondary N) is 1. The minimum atomic E-state index is -4.60. The van der Waals surface area contributed by atoms with Crippen LogP contribution in [0.4, 0.5) is 18.9 Å². The smallest absolute Gasteiger partial charge is 0.319 e. The molecular formula is C13H8BrClF3NOS. The van der Waals surface area contributed by atoms with Crippen LogP contribution < -0.4 is 5.32 Å². The molecule has 1 aromatic heterocycles. The van der Waals surface area contributed by atoms with Gasteiger partial charge in [-0.15, -0.1) is 11.3 Å². The molecule has 1 amide bonds. The first kappa shape index (κ1) is 16.3. The van der Waals surface area contributed by atoms with Crippen molar-refractivity contribution in [3.05, 3.63) is 49.1 Å². The Bertz CT molecular complexity index is 680. The van der Waals surface area contributed by atoms with Gasteiger partial charge in [-0.2, -0.15) is 13.2 Å². The van der Waals surface area contributed by atoms with Crippen molar-refractivity contribution in [2.45, 2.75) is 13.1 Å². The summed E-state index contributed by atoms with van der Waals surface area (Å²) in [5, 5.41) is 2.08. The number of halogens is 5. The molecule has 2 rings (SSSR count).